The molecular formula is C39H77NO3. The minimum atomic E-state index is -0.832. The molecule has 0 fully saturated rings. The Morgan fingerprint density at radius 2 is 0.860 bits per heavy atom. The monoisotopic (exact) mass is 608 g/mol. The number of aliphatic hydroxyl groups is 2. The van der Waals surface area contributed by atoms with Crippen molar-refractivity contribution in [3.8, 4) is 0 Å². The molecule has 4 nitrogen and oxygen atoms in total. The van der Waals surface area contributed by atoms with Crippen LogP contribution in [-0.2, 0) is 4.79 Å². The lowest BCUT2D eigenvalue weighted by atomic mass is 10.0. The Morgan fingerprint density at radius 1 is 0.535 bits per heavy atom. The van der Waals surface area contributed by atoms with Gasteiger partial charge in [-0.2, -0.15) is 0 Å². The highest BCUT2D eigenvalue weighted by Gasteiger charge is 2.17. The SMILES string of the molecule is CCCCCCCCCCCCC/C=C/[C@@H](O)[C@H](CO)NC(=O)CCCCCCCCCCCCCCCCCCCC. The summed E-state index contributed by atoms with van der Waals surface area (Å²) in [5, 5.41) is 22.9. The zero-order valence-electron chi connectivity index (χ0n) is 29.2. The van der Waals surface area contributed by atoms with Gasteiger partial charge in [-0.1, -0.05) is 199 Å². The molecule has 0 aromatic heterocycles. The van der Waals surface area contributed by atoms with Gasteiger partial charge in [0.25, 0.3) is 0 Å². The first kappa shape index (κ1) is 42.1. The van der Waals surface area contributed by atoms with Gasteiger partial charge in [-0.25, -0.2) is 0 Å². The smallest absolute Gasteiger partial charge is 0.220 e. The number of rotatable bonds is 35. The summed E-state index contributed by atoms with van der Waals surface area (Å²) >= 11 is 0. The minimum absolute atomic E-state index is 0.0617. The third-order valence-electron chi connectivity index (χ3n) is 9.02. The Morgan fingerprint density at radius 3 is 1.21 bits per heavy atom. The lowest BCUT2D eigenvalue weighted by Crippen LogP contribution is -2.45. The van der Waals surface area contributed by atoms with Crippen molar-refractivity contribution in [2.75, 3.05) is 6.61 Å². The van der Waals surface area contributed by atoms with Crippen molar-refractivity contribution < 1.29 is 15.0 Å². The van der Waals surface area contributed by atoms with Gasteiger partial charge >= 0.3 is 0 Å². The second kappa shape index (κ2) is 35.6. The van der Waals surface area contributed by atoms with Crippen LogP contribution in [0.5, 0.6) is 0 Å². The largest absolute Gasteiger partial charge is 0.394 e. The number of amides is 1. The normalized spacial score (nSPS) is 13.1. The predicted octanol–water partition coefficient (Wildman–Crippen LogP) is 11.5. The van der Waals surface area contributed by atoms with Crippen LogP contribution in [0.15, 0.2) is 12.2 Å². The summed E-state index contributed by atoms with van der Waals surface area (Å²) in [4.78, 5) is 12.3. The highest BCUT2D eigenvalue weighted by molar-refractivity contribution is 5.76. The number of aliphatic hydroxyl groups excluding tert-OH is 2. The zero-order valence-corrected chi connectivity index (χ0v) is 29.2. The average Bonchev–Trinajstić information content (AvgIpc) is 3.01. The van der Waals surface area contributed by atoms with E-state index in [1.165, 1.54) is 167 Å². The lowest BCUT2D eigenvalue weighted by Gasteiger charge is -2.20. The van der Waals surface area contributed by atoms with Crippen molar-refractivity contribution in [3.63, 3.8) is 0 Å². The molecule has 0 rings (SSSR count). The van der Waals surface area contributed by atoms with E-state index in [2.05, 4.69) is 19.2 Å². The standard InChI is InChI=1S/C39H77NO3/c1-3-5-7-9-11-13-15-17-18-19-20-21-23-25-27-29-31-33-35-39(43)40-37(36-41)38(42)34-32-30-28-26-24-22-16-14-12-10-8-6-4-2/h32,34,37-38,41-42H,3-31,33,35-36H2,1-2H3,(H,40,43)/b34-32+/t37-,38+/m0/s1. The fourth-order valence-corrected chi connectivity index (χ4v) is 6.00. The third-order valence-corrected chi connectivity index (χ3v) is 9.02. The first-order valence-electron chi connectivity index (χ1n) is 19.4. The van der Waals surface area contributed by atoms with Gasteiger partial charge < -0.3 is 15.5 Å². The number of hydrogen-bond acceptors (Lipinski definition) is 3. The molecule has 4 heteroatoms. The second-order valence-electron chi connectivity index (χ2n) is 13.4. The van der Waals surface area contributed by atoms with Gasteiger partial charge in [0.15, 0.2) is 0 Å². The molecule has 3 N–H and O–H groups in total. The quantitative estimate of drug-likeness (QED) is 0.0496. The highest BCUT2D eigenvalue weighted by atomic mass is 16.3. The molecule has 0 radical (unpaired) electrons. The van der Waals surface area contributed by atoms with Crippen molar-refractivity contribution in [2.24, 2.45) is 0 Å². The predicted molar refractivity (Wildman–Crippen MR) is 189 cm³/mol. The van der Waals surface area contributed by atoms with Crippen molar-refractivity contribution in [1.29, 1.82) is 0 Å². The van der Waals surface area contributed by atoms with E-state index in [-0.39, 0.29) is 12.5 Å². The highest BCUT2D eigenvalue weighted by Crippen LogP contribution is 2.15. The number of nitrogens with one attached hydrogen (secondary N) is 1. The molecule has 0 heterocycles. The lowest BCUT2D eigenvalue weighted by molar-refractivity contribution is -0.123. The Balaban J connectivity index is 3.55. The summed E-state index contributed by atoms with van der Waals surface area (Å²) in [5.41, 5.74) is 0. The number of carbonyl (C=O) groups excluding carboxylic acids is 1. The number of allylic oxidation sites excluding steroid dienone is 1. The topological polar surface area (TPSA) is 69.6 Å². The molecule has 0 saturated carbocycles. The second-order valence-corrected chi connectivity index (χ2v) is 13.4. The summed E-state index contributed by atoms with van der Waals surface area (Å²) in [6.07, 6.45) is 43.0. The van der Waals surface area contributed by atoms with E-state index >= 15 is 0 Å². The molecule has 0 aliphatic heterocycles. The van der Waals surface area contributed by atoms with E-state index in [4.69, 9.17) is 0 Å². The van der Waals surface area contributed by atoms with E-state index in [1.807, 2.05) is 6.08 Å². The van der Waals surface area contributed by atoms with Crippen LogP contribution in [0.25, 0.3) is 0 Å². The molecule has 0 bridgehead atoms. The molecule has 43 heavy (non-hydrogen) atoms. The first-order chi connectivity index (χ1) is 21.2. The maximum atomic E-state index is 12.3. The van der Waals surface area contributed by atoms with Gasteiger partial charge in [-0.3, -0.25) is 4.79 Å². The third kappa shape index (κ3) is 32.3. The number of hydrogen-bond donors (Lipinski definition) is 3. The zero-order chi connectivity index (χ0) is 31.5. The van der Waals surface area contributed by atoms with E-state index in [0.29, 0.717) is 6.42 Å². The molecule has 2 atom stereocenters. The van der Waals surface area contributed by atoms with E-state index < -0.39 is 12.1 Å². The molecule has 0 aliphatic rings. The fourth-order valence-electron chi connectivity index (χ4n) is 6.00. The van der Waals surface area contributed by atoms with Gasteiger partial charge in [0.05, 0.1) is 18.8 Å². The van der Waals surface area contributed by atoms with Crippen molar-refractivity contribution in [2.45, 2.75) is 225 Å². The van der Waals surface area contributed by atoms with Crippen LogP contribution >= 0.6 is 0 Å². The summed E-state index contributed by atoms with van der Waals surface area (Å²) in [7, 11) is 0. The average molecular weight is 608 g/mol. The Bertz CT molecular complexity index is 579. The van der Waals surface area contributed by atoms with E-state index in [1.54, 1.807) is 6.08 Å². The minimum Gasteiger partial charge on any atom is -0.394 e. The number of carbonyl (C=O) groups is 1. The molecule has 1 amide bonds. The fraction of sp³-hybridized carbons (Fsp3) is 0.923. The molecule has 0 aliphatic carbocycles. The van der Waals surface area contributed by atoms with E-state index in [9.17, 15) is 15.0 Å². The molecule has 0 aromatic rings. The van der Waals surface area contributed by atoms with Crippen LogP contribution in [-0.4, -0.2) is 34.9 Å². The summed E-state index contributed by atoms with van der Waals surface area (Å²) < 4.78 is 0. The van der Waals surface area contributed by atoms with Gasteiger partial charge in [0, 0.05) is 6.42 Å². The molecular weight excluding hydrogens is 530 g/mol. The van der Waals surface area contributed by atoms with Crippen molar-refractivity contribution in [3.05, 3.63) is 12.2 Å². The van der Waals surface area contributed by atoms with Gasteiger partial charge in [0.2, 0.25) is 5.91 Å². The Kier molecular flexibility index (Phi) is 34.9. The molecule has 0 spiro atoms. The Labute approximate surface area is 269 Å². The summed E-state index contributed by atoms with van der Waals surface area (Å²) in [6.45, 7) is 4.31. The van der Waals surface area contributed by atoms with Crippen LogP contribution in [0.4, 0.5) is 0 Å². The Hall–Kier alpha value is -0.870. The van der Waals surface area contributed by atoms with E-state index in [0.717, 1.165) is 25.7 Å². The summed E-state index contributed by atoms with van der Waals surface area (Å²) in [5.74, 6) is -0.0617. The van der Waals surface area contributed by atoms with Gasteiger partial charge in [-0.15, -0.1) is 0 Å². The van der Waals surface area contributed by atoms with Crippen LogP contribution in [0.2, 0.25) is 0 Å². The number of unbranched alkanes of at least 4 members (excludes halogenated alkanes) is 28. The van der Waals surface area contributed by atoms with Crippen LogP contribution in [0, 0.1) is 0 Å². The molecule has 0 aromatic carbocycles. The van der Waals surface area contributed by atoms with Gasteiger partial charge in [-0.05, 0) is 19.3 Å². The molecule has 0 saturated heterocycles. The van der Waals surface area contributed by atoms with Gasteiger partial charge in [0.1, 0.15) is 0 Å². The first-order valence-corrected chi connectivity index (χ1v) is 19.4. The van der Waals surface area contributed by atoms with Crippen molar-refractivity contribution in [1.82, 2.24) is 5.32 Å². The van der Waals surface area contributed by atoms with Crippen LogP contribution in [0.1, 0.15) is 213 Å². The summed E-state index contributed by atoms with van der Waals surface area (Å²) in [6, 6.07) is -0.614. The van der Waals surface area contributed by atoms with Crippen LogP contribution < -0.4 is 5.32 Å². The molecule has 0 unspecified atom stereocenters. The molecule has 256 valence electrons. The van der Waals surface area contributed by atoms with Crippen molar-refractivity contribution >= 4 is 5.91 Å². The maximum absolute atomic E-state index is 12.3. The maximum Gasteiger partial charge on any atom is 0.220 e. The van der Waals surface area contributed by atoms with Crippen LogP contribution in [0.3, 0.4) is 0 Å².